The van der Waals surface area contributed by atoms with Crippen molar-refractivity contribution in [1.82, 2.24) is 9.29 Å². The van der Waals surface area contributed by atoms with Gasteiger partial charge in [-0.25, -0.2) is 12.8 Å². The fourth-order valence-corrected chi connectivity index (χ4v) is 5.08. The Morgan fingerprint density at radius 1 is 1.23 bits per heavy atom. The van der Waals surface area contributed by atoms with Gasteiger partial charge in [-0.3, -0.25) is 9.78 Å². The number of amides is 1. The lowest BCUT2D eigenvalue weighted by molar-refractivity contribution is -0.118. The summed E-state index contributed by atoms with van der Waals surface area (Å²) in [5.74, 6) is 0.0743. The van der Waals surface area contributed by atoms with E-state index in [1.807, 2.05) is 0 Å². The first-order chi connectivity index (χ1) is 14.3. The molecule has 30 heavy (non-hydrogen) atoms. The Bertz CT molecular complexity index is 1090. The number of aryl methyl sites for hydroxylation is 1. The van der Waals surface area contributed by atoms with E-state index in [2.05, 4.69) is 4.98 Å². The molecular weight excluding hydrogens is 409 g/mol. The van der Waals surface area contributed by atoms with Crippen molar-refractivity contribution in [2.75, 3.05) is 30.8 Å². The lowest BCUT2D eigenvalue weighted by Gasteiger charge is -2.26. The highest BCUT2D eigenvalue weighted by atomic mass is 32.2. The summed E-state index contributed by atoms with van der Waals surface area (Å²) in [7, 11) is -1.59. The number of nitrogens with zero attached hydrogens (tertiary/aromatic N) is 3. The number of halogens is 1. The maximum absolute atomic E-state index is 14.8. The summed E-state index contributed by atoms with van der Waals surface area (Å²) in [4.78, 5) is 17.5. The standard InChI is InChI=1S/C21H24FN3O4S/c1-3-30(27,28)25-7-6-16(13-25)29-17-8-15(11-23-12-17)18-9-14-4-5-21(26)24(2)20(14)10-19(18)22/h8-12,16H,3-7,13H2,1-2H3. The average molecular weight is 434 g/mol. The van der Waals surface area contributed by atoms with Gasteiger partial charge in [0.15, 0.2) is 0 Å². The number of fused-ring (bicyclic) bond motifs is 1. The molecule has 1 amide bonds. The highest BCUT2D eigenvalue weighted by molar-refractivity contribution is 7.89. The molecule has 1 aromatic carbocycles. The number of sulfonamides is 1. The number of carbonyl (C=O) groups is 1. The van der Waals surface area contributed by atoms with Gasteiger partial charge in [-0.15, -0.1) is 0 Å². The number of rotatable bonds is 5. The molecule has 1 atom stereocenters. The molecule has 9 heteroatoms. The molecule has 0 spiro atoms. The molecule has 7 nitrogen and oxygen atoms in total. The van der Waals surface area contributed by atoms with E-state index in [1.54, 1.807) is 38.5 Å². The number of benzene rings is 1. The van der Waals surface area contributed by atoms with Crippen molar-refractivity contribution in [3.63, 3.8) is 0 Å². The lowest BCUT2D eigenvalue weighted by Crippen LogP contribution is -2.32. The minimum Gasteiger partial charge on any atom is -0.487 e. The van der Waals surface area contributed by atoms with Crippen LogP contribution in [0, 0.1) is 5.82 Å². The van der Waals surface area contributed by atoms with E-state index in [9.17, 15) is 17.6 Å². The van der Waals surface area contributed by atoms with Crippen LogP contribution in [0.3, 0.4) is 0 Å². The Morgan fingerprint density at radius 2 is 2.03 bits per heavy atom. The Kier molecular flexibility index (Phi) is 5.50. The van der Waals surface area contributed by atoms with Crippen LogP contribution in [0.2, 0.25) is 0 Å². The van der Waals surface area contributed by atoms with Gasteiger partial charge in [0.25, 0.3) is 0 Å². The number of ether oxygens (including phenoxy) is 1. The van der Waals surface area contributed by atoms with Crippen molar-refractivity contribution in [2.45, 2.75) is 32.3 Å². The van der Waals surface area contributed by atoms with Crippen LogP contribution < -0.4 is 9.64 Å². The van der Waals surface area contributed by atoms with Crippen LogP contribution in [0.25, 0.3) is 11.1 Å². The average Bonchev–Trinajstić information content (AvgIpc) is 3.20. The Balaban J connectivity index is 1.55. The SMILES string of the molecule is CCS(=O)(=O)N1CCC(Oc2cncc(-c3cc4c(cc3F)N(C)C(=O)CC4)c2)C1. The first kappa shape index (κ1) is 20.7. The summed E-state index contributed by atoms with van der Waals surface area (Å²) in [5, 5.41) is 0. The van der Waals surface area contributed by atoms with Gasteiger partial charge in [-0.2, -0.15) is 4.31 Å². The van der Waals surface area contributed by atoms with Gasteiger partial charge in [0.05, 0.1) is 18.5 Å². The summed E-state index contributed by atoms with van der Waals surface area (Å²) >= 11 is 0. The van der Waals surface area contributed by atoms with Crippen LogP contribution in [0.1, 0.15) is 25.3 Å². The molecule has 2 aliphatic heterocycles. The zero-order valence-corrected chi connectivity index (χ0v) is 17.8. The second-order valence-corrected chi connectivity index (χ2v) is 9.87. The molecule has 4 rings (SSSR count). The Hall–Kier alpha value is -2.52. The van der Waals surface area contributed by atoms with Crippen LogP contribution in [-0.4, -0.2) is 55.6 Å². The smallest absolute Gasteiger partial charge is 0.227 e. The molecule has 0 radical (unpaired) electrons. The predicted octanol–water partition coefficient (Wildman–Crippen LogP) is 2.60. The molecule has 0 N–H and O–H groups in total. The maximum Gasteiger partial charge on any atom is 0.227 e. The summed E-state index contributed by atoms with van der Waals surface area (Å²) in [6, 6.07) is 4.87. The number of aromatic nitrogens is 1. The van der Waals surface area contributed by atoms with E-state index in [0.717, 1.165) is 5.56 Å². The minimum absolute atomic E-state index is 0.0255. The Labute approximate surface area is 175 Å². The third-order valence-electron chi connectivity index (χ3n) is 5.70. The molecule has 0 aliphatic carbocycles. The third kappa shape index (κ3) is 3.91. The zero-order chi connectivity index (χ0) is 21.5. The van der Waals surface area contributed by atoms with Crippen LogP contribution in [0.15, 0.2) is 30.6 Å². The monoisotopic (exact) mass is 433 g/mol. The molecule has 1 unspecified atom stereocenters. The molecule has 1 aromatic heterocycles. The van der Waals surface area contributed by atoms with Crippen LogP contribution >= 0.6 is 0 Å². The number of carbonyl (C=O) groups excluding carboxylic acids is 1. The predicted molar refractivity (Wildman–Crippen MR) is 111 cm³/mol. The van der Waals surface area contributed by atoms with E-state index >= 15 is 0 Å². The highest BCUT2D eigenvalue weighted by Gasteiger charge is 2.31. The number of hydrogen-bond donors (Lipinski definition) is 0. The fourth-order valence-electron chi connectivity index (χ4n) is 3.94. The molecule has 2 aromatic rings. The molecular formula is C21H24FN3O4S. The summed E-state index contributed by atoms with van der Waals surface area (Å²) < 4.78 is 46.3. The molecule has 1 fully saturated rings. The minimum atomic E-state index is -3.24. The van der Waals surface area contributed by atoms with Crippen molar-refractivity contribution in [3.8, 4) is 16.9 Å². The van der Waals surface area contributed by atoms with Gasteiger partial charge in [0, 0.05) is 43.0 Å². The van der Waals surface area contributed by atoms with Crippen molar-refractivity contribution < 1.29 is 22.3 Å². The summed E-state index contributed by atoms with van der Waals surface area (Å²) in [6.45, 7) is 2.35. The number of pyridine rings is 1. The molecule has 3 heterocycles. The zero-order valence-electron chi connectivity index (χ0n) is 17.0. The molecule has 0 bridgehead atoms. The van der Waals surface area contributed by atoms with Crippen molar-refractivity contribution >= 4 is 21.6 Å². The summed E-state index contributed by atoms with van der Waals surface area (Å²) in [5.41, 5.74) is 2.48. The largest absolute Gasteiger partial charge is 0.487 e. The van der Waals surface area contributed by atoms with Crippen LogP contribution in [0.5, 0.6) is 5.75 Å². The molecule has 160 valence electrons. The highest BCUT2D eigenvalue weighted by Crippen LogP contribution is 2.34. The van der Waals surface area contributed by atoms with Gasteiger partial charge in [0.2, 0.25) is 15.9 Å². The molecule has 2 aliphatic rings. The van der Waals surface area contributed by atoms with Gasteiger partial charge >= 0.3 is 0 Å². The fraction of sp³-hybridized carbons (Fsp3) is 0.429. The second kappa shape index (κ2) is 7.96. The number of anilines is 1. The third-order valence-corrected chi connectivity index (χ3v) is 7.55. The van der Waals surface area contributed by atoms with Crippen molar-refractivity contribution in [2.24, 2.45) is 0 Å². The van der Waals surface area contributed by atoms with E-state index in [1.165, 1.54) is 15.3 Å². The van der Waals surface area contributed by atoms with E-state index in [-0.39, 0.29) is 17.8 Å². The van der Waals surface area contributed by atoms with Gasteiger partial charge in [-0.1, -0.05) is 0 Å². The molecule has 0 saturated carbocycles. The van der Waals surface area contributed by atoms with Gasteiger partial charge in [-0.05, 0) is 43.5 Å². The van der Waals surface area contributed by atoms with E-state index in [4.69, 9.17) is 4.74 Å². The van der Waals surface area contributed by atoms with E-state index < -0.39 is 15.8 Å². The van der Waals surface area contributed by atoms with Crippen molar-refractivity contribution in [3.05, 3.63) is 42.0 Å². The van der Waals surface area contributed by atoms with Gasteiger partial charge in [0.1, 0.15) is 17.7 Å². The normalized spacial score (nSPS) is 19.8. The maximum atomic E-state index is 14.8. The van der Waals surface area contributed by atoms with Gasteiger partial charge < -0.3 is 9.64 Å². The van der Waals surface area contributed by atoms with Crippen molar-refractivity contribution in [1.29, 1.82) is 0 Å². The first-order valence-corrected chi connectivity index (χ1v) is 11.6. The summed E-state index contributed by atoms with van der Waals surface area (Å²) in [6.07, 6.45) is 4.41. The van der Waals surface area contributed by atoms with Crippen LogP contribution in [0.4, 0.5) is 10.1 Å². The topological polar surface area (TPSA) is 79.8 Å². The van der Waals surface area contributed by atoms with Crippen LogP contribution in [-0.2, 0) is 21.2 Å². The molecule has 1 saturated heterocycles. The first-order valence-electron chi connectivity index (χ1n) is 9.97. The second-order valence-electron chi connectivity index (χ2n) is 7.61. The quantitative estimate of drug-likeness (QED) is 0.724. The lowest BCUT2D eigenvalue weighted by atomic mass is 9.96. The number of hydrogen-bond acceptors (Lipinski definition) is 5. The Morgan fingerprint density at radius 3 is 2.80 bits per heavy atom. The van der Waals surface area contributed by atoms with E-state index in [0.29, 0.717) is 54.9 Å².